The van der Waals surface area contributed by atoms with Crippen molar-refractivity contribution in [2.75, 3.05) is 6.61 Å². The van der Waals surface area contributed by atoms with E-state index >= 15 is 0 Å². The van der Waals surface area contributed by atoms with E-state index in [1.165, 1.54) is 12.1 Å². The summed E-state index contributed by atoms with van der Waals surface area (Å²) in [7, 11) is 0. The molecule has 2 aromatic rings. The third-order valence-corrected chi connectivity index (χ3v) is 3.40. The molecule has 0 aliphatic carbocycles. The first-order valence-electron chi connectivity index (χ1n) is 7.22. The van der Waals surface area contributed by atoms with Gasteiger partial charge in [0, 0.05) is 6.07 Å². The first kappa shape index (κ1) is 16.2. The van der Waals surface area contributed by atoms with E-state index in [-0.39, 0.29) is 12.2 Å². The highest BCUT2D eigenvalue weighted by Crippen LogP contribution is 2.30. The minimum absolute atomic E-state index is 0.0133. The summed E-state index contributed by atoms with van der Waals surface area (Å²) in [6.07, 6.45) is 0.147. The van der Waals surface area contributed by atoms with Gasteiger partial charge in [-0.2, -0.15) is 5.10 Å². The van der Waals surface area contributed by atoms with Crippen LogP contribution in [-0.4, -0.2) is 29.8 Å². The van der Waals surface area contributed by atoms with Gasteiger partial charge in [0.15, 0.2) is 11.5 Å². The second kappa shape index (κ2) is 6.87. The Balaban J connectivity index is 1.64. The quantitative estimate of drug-likeness (QED) is 0.501. The first-order valence-corrected chi connectivity index (χ1v) is 7.22. The van der Waals surface area contributed by atoms with Crippen LogP contribution in [0.1, 0.15) is 5.56 Å². The second-order valence-corrected chi connectivity index (χ2v) is 5.05. The molecule has 1 aliphatic rings. The molecular formula is C16H12N3O6-. The molecule has 3 rings (SSSR count). The molecule has 1 amide bonds. The summed E-state index contributed by atoms with van der Waals surface area (Å²) in [4.78, 5) is 22.0. The summed E-state index contributed by atoms with van der Waals surface area (Å²) in [6, 6.07) is 10.7. The molecule has 1 aliphatic heterocycles. The van der Waals surface area contributed by atoms with Gasteiger partial charge in [0.25, 0.3) is 11.6 Å². The van der Waals surface area contributed by atoms with Gasteiger partial charge in [-0.15, -0.1) is 0 Å². The Morgan fingerprint density at radius 1 is 1.24 bits per heavy atom. The van der Waals surface area contributed by atoms with Crippen LogP contribution in [0.5, 0.6) is 17.2 Å². The number of rotatable bonds is 4. The number of carbonyl (C=O) groups excluding carboxylic acids is 1. The van der Waals surface area contributed by atoms with Crippen LogP contribution in [0.15, 0.2) is 47.6 Å². The number of benzene rings is 2. The highest BCUT2D eigenvalue weighted by Gasteiger charge is 2.26. The summed E-state index contributed by atoms with van der Waals surface area (Å²) in [6.45, 7) is 0.0159. The number of hydrazone groups is 1. The third-order valence-electron chi connectivity index (χ3n) is 3.40. The van der Waals surface area contributed by atoms with Gasteiger partial charge in [0.05, 0.1) is 11.1 Å². The van der Waals surface area contributed by atoms with Gasteiger partial charge < -0.3 is 14.6 Å². The molecule has 2 aromatic carbocycles. The van der Waals surface area contributed by atoms with Crippen molar-refractivity contribution in [3.8, 4) is 17.2 Å². The number of nitrogens with zero attached hydrogens (tertiary/aromatic N) is 2. The lowest BCUT2D eigenvalue weighted by molar-refractivity contribution is -0.398. The Kier molecular flexibility index (Phi) is 4.46. The highest BCUT2D eigenvalue weighted by atomic mass is 16.6. The SMILES string of the molecule is O=C(N/N=C/c1cccc([N+](=O)[O-])c1[O-])[C@H]1COc2ccccc2O1. The molecule has 1 N–H and O–H groups in total. The van der Waals surface area contributed by atoms with Gasteiger partial charge in [0.2, 0.25) is 6.10 Å². The van der Waals surface area contributed by atoms with Gasteiger partial charge >= 0.3 is 0 Å². The van der Waals surface area contributed by atoms with Crippen molar-refractivity contribution >= 4 is 17.8 Å². The molecule has 0 unspecified atom stereocenters. The van der Waals surface area contributed by atoms with Gasteiger partial charge in [0.1, 0.15) is 6.61 Å². The van der Waals surface area contributed by atoms with Gasteiger partial charge in [-0.3, -0.25) is 14.9 Å². The van der Waals surface area contributed by atoms with Crippen molar-refractivity contribution < 1.29 is 24.3 Å². The van der Waals surface area contributed by atoms with Gasteiger partial charge in [-0.25, -0.2) is 5.43 Å². The summed E-state index contributed by atoms with van der Waals surface area (Å²) in [5.74, 6) is -0.360. The predicted octanol–water partition coefficient (Wildman–Crippen LogP) is 0.958. The van der Waals surface area contributed by atoms with Crippen molar-refractivity contribution in [2.24, 2.45) is 5.10 Å². The van der Waals surface area contributed by atoms with Crippen LogP contribution in [0.2, 0.25) is 0 Å². The number of amides is 1. The molecule has 1 heterocycles. The van der Waals surface area contributed by atoms with Crippen LogP contribution in [0.3, 0.4) is 0 Å². The molecular weight excluding hydrogens is 330 g/mol. The maximum absolute atomic E-state index is 12.0. The minimum Gasteiger partial charge on any atom is -0.867 e. The molecule has 128 valence electrons. The highest BCUT2D eigenvalue weighted by molar-refractivity contribution is 5.87. The largest absolute Gasteiger partial charge is 0.867 e. The van der Waals surface area contributed by atoms with Crippen LogP contribution >= 0.6 is 0 Å². The number of nitrogens with one attached hydrogen (secondary N) is 1. The lowest BCUT2D eigenvalue weighted by Crippen LogP contribution is -2.42. The molecule has 9 nitrogen and oxygen atoms in total. The summed E-state index contributed by atoms with van der Waals surface area (Å²) >= 11 is 0. The van der Waals surface area contributed by atoms with Crippen LogP contribution in [-0.2, 0) is 4.79 Å². The number of nitro benzene ring substituents is 1. The van der Waals surface area contributed by atoms with Crippen molar-refractivity contribution in [1.82, 2.24) is 5.43 Å². The second-order valence-electron chi connectivity index (χ2n) is 5.05. The summed E-state index contributed by atoms with van der Waals surface area (Å²) < 4.78 is 10.9. The minimum atomic E-state index is -0.899. The number of fused-ring (bicyclic) bond motifs is 1. The predicted molar refractivity (Wildman–Crippen MR) is 84.6 cm³/mol. The molecule has 0 spiro atoms. The zero-order valence-corrected chi connectivity index (χ0v) is 12.7. The first-order chi connectivity index (χ1) is 12.1. The zero-order chi connectivity index (χ0) is 17.8. The Morgan fingerprint density at radius 2 is 2.00 bits per heavy atom. The monoisotopic (exact) mass is 342 g/mol. The van der Waals surface area contributed by atoms with E-state index in [4.69, 9.17) is 9.47 Å². The van der Waals surface area contributed by atoms with E-state index in [0.717, 1.165) is 12.3 Å². The van der Waals surface area contributed by atoms with Crippen molar-refractivity contribution in [1.29, 1.82) is 0 Å². The number of nitro groups is 1. The number of hydrogen-bond acceptors (Lipinski definition) is 7. The average molecular weight is 342 g/mol. The van der Waals surface area contributed by atoms with E-state index in [1.54, 1.807) is 24.3 Å². The van der Waals surface area contributed by atoms with Crippen LogP contribution < -0.4 is 20.0 Å². The maximum Gasteiger partial charge on any atom is 0.284 e. The molecule has 25 heavy (non-hydrogen) atoms. The fraction of sp³-hybridized carbons (Fsp3) is 0.125. The summed E-state index contributed by atoms with van der Waals surface area (Å²) in [5, 5.41) is 26.2. The molecule has 0 bridgehead atoms. The Morgan fingerprint density at radius 3 is 2.76 bits per heavy atom. The van der Waals surface area contributed by atoms with Crippen LogP contribution in [0, 0.1) is 10.1 Å². The number of para-hydroxylation sites is 3. The Bertz CT molecular complexity index is 852. The van der Waals surface area contributed by atoms with E-state index in [9.17, 15) is 20.0 Å². The fourth-order valence-electron chi connectivity index (χ4n) is 2.17. The Hall–Kier alpha value is -3.62. The lowest BCUT2D eigenvalue weighted by Gasteiger charge is -2.24. The average Bonchev–Trinajstić information content (AvgIpc) is 2.62. The zero-order valence-electron chi connectivity index (χ0n) is 12.7. The molecule has 0 saturated carbocycles. The fourth-order valence-corrected chi connectivity index (χ4v) is 2.17. The van der Waals surface area contributed by atoms with E-state index in [0.29, 0.717) is 11.5 Å². The molecule has 0 fully saturated rings. The Labute approximate surface area is 141 Å². The molecule has 1 atom stereocenters. The smallest absolute Gasteiger partial charge is 0.284 e. The van der Waals surface area contributed by atoms with Crippen molar-refractivity contribution in [2.45, 2.75) is 6.10 Å². The number of ether oxygens (including phenoxy) is 2. The van der Waals surface area contributed by atoms with E-state index in [1.807, 2.05) is 0 Å². The number of hydrogen-bond donors (Lipinski definition) is 1. The lowest BCUT2D eigenvalue weighted by atomic mass is 10.2. The van der Waals surface area contributed by atoms with Gasteiger partial charge in [-0.05, 0) is 23.4 Å². The third kappa shape index (κ3) is 3.50. The standard InChI is InChI=1S/C16H13N3O6/c20-15-10(4-3-5-11(15)19(22)23)8-17-18-16(21)14-9-24-12-6-1-2-7-13(12)25-14/h1-8,14,20H,9H2,(H,18,21)/p-1/b17-8+/t14-/m1/s1. The number of carbonyl (C=O) groups is 1. The van der Waals surface area contributed by atoms with Crippen molar-refractivity contribution in [3.63, 3.8) is 0 Å². The maximum atomic E-state index is 12.0. The summed E-state index contributed by atoms with van der Waals surface area (Å²) in [5.41, 5.74) is 1.65. The molecule has 0 saturated heterocycles. The van der Waals surface area contributed by atoms with Gasteiger partial charge in [-0.1, -0.05) is 24.3 Å². The topological polar surface area (TPSA) is 126 Å². The molecule has 9 heteroatoms. The normalized spacial score (nSPS) is 15.8. The van der Waals surface area contributed by atoms with Crippen molar-refractivity contribution in [3.05, 3.63) is 58.1 Å². The van der Waals surface area contributed by atoms with Crippen LogP contribution in [0.25, 0.3) is 0 Å². The van der Waals surface area contributed by atoms with E-state index in [2.05, 4.69) is 10.5 Å². The van der Waals surface area contributed by atoms with Crippen LogP contribution in [0.4, 0.5) is 5.69 Å². The molecule has 0 radical (unpaired) electrons. The van der Waals surface area contributed by atoms with E-state index < -0.39 is 28.4 Å². The molecule has 0 aromatic heterocycles.